The first-order chi connectivity index (χ1) is 5.61. The highest BCUT2D eigenvalue weighted by molar-refractivity contribution is 9.14. The average molecular weight is 298 g/mol. The van der Waals surface area contributed by atoms with Crippen LogP contribution in [-0.2, 0) is 9.53 Å². The maximum Gasteiger partial charge on any atom is 0.302 e. The summed E-state index contributed by atoms with van der Waals surface area (Å²) >= 11 is 6.86. The van der Waals surface area contributed by atoms with Crippen LogP contribution in [0.2, 0.25) is 0 Å². The first-order valence-electron chi connectivity index (χ1n) is 3.78. The van der Waals surface area contributed by atoms with Crippen molar-refractivity contribution in [2.75, 3.05) is 0 Å². The van der Waals surface area contributed by atoms with E-state index in [-0.39, 0.29) is 16.9 Å². The van der Waals surface area contributed by atoms with E-state index in [1.807, 2.05) is 0 Å². The van der Waals surface area contributed by atoms with Crippen molar-refractivity contribution in [2.45, 2.75) is 30.7 Å². The highest BCUT2D eigenvalue weighted by atomic mass is 79.9. The molecular weight excluding hydrogens is 288 g/mol. The Morgan fingerprint density at radius 2 is 2.42 bits per heavy atom. The maximum absolute atomic E-state index is 10.7. The predicted molar refractivity (Wildman–Crippen MR) is 54.5 cm³/mol. The van der Waals surface area contributed by atoms with E-state index in [1.54, 1.807) is 0 Å². The molecule has 0 unspecified atom stereocenters. The molecule has 12 heavy (non-hydrogen) atoms. The van der Waals surface area contributed by atoms with Gasteiger partial charge in [-0.15, -0.1) is 0 Å². The number of carbonyl (C=O) groups is 1. The molecule has 0 aromatic rings. The van der Waals surface area contributed by atoms with Crippen molar-refractivity contribution < 1.29 is 9.53 Å². The van der Waals surface area contributed by atoms with Crippen LogP contribution in [0.1, 0.15) is 19.8 Å². The molecule has 0 N–H and O–H groups in total. The van der Waals surface area contributed by atoms with Crippen LogP contribution < -0.4 is 0 Å². The zero-order valence-electron chi connectivity index (χ0n) is 6.72. The molecule has 0 radical (unpaired) electrons. The monoisotopic (exact) mass is 296 g/mol. The third kappa shape index (κ3) is 2.59. The number of carbonyl (C=O) groups excluding carboxylic acids is 1. The Morgan fingerprint density at radius 3 is 3.00 bits per heavy atom. The summed E-state index contributed by atoms with van der Waals surface area (Å²) in [5, 5.41) is 0. The second kappa shape index (κ2) is 4.42. The van der Waals surface area contributed by atoms with Gasteiger partial charge in [0.25, 0.3) is 0 Å². The molecule has 2 atom stereocenters. The number of halogens is 2. The van der Waals surface area contributed by atoms with Gasteiger partial charge in [0.15, 0.2) is 0 Å². The van der Waals surface area contributed by atoms with Crippen LogP contribution >= 0.6 is 31.9 Å². The normalized spacial score (nSPS) is 29.4. The molecular formula is C8H10Br2O2. The number of alkyl halides is 1. The number of hydrogen-bond donors (Lipinski definition) is 0. The van der Waals surface area contributed by atoms with E-state index in [0.29, 0.717) is 0 Å². The first-order valence-corrected chi connectivity index (χ1v) is 5.49. The van der Waals surface area contributed by atoms with Crippen molar-refractivity contribution in [1.29, 1.82) is 0 Å². The van der Waals surface area contributed by atoms with E-state index in [4.69, 9.17) is 4.74 Å². The largest absolute Gasteiger partial charge is 0.461 e. The number of allylic oxidation sites excluding steroid dienone is 1. The molecule has 0 amide bonds. The Morgan fingerprint density at radius 1 is 1.75 bits per heavy atom. The fraction of sp³-hybridized carbons (Fsp3) is 0.625. The fourth-order valence-corrected chi connectivity index (χ4v) is 2.24. The molecule has 1 aliphatic rings. The van der Waals surface area contributed by atoms with Crippen LogP contribution in [0.15, 0.2) is 10.6 Å². The molecule has 1 rings (SSSR count). The van der Waals surface area contributed by atoms with Gasteiger partial charge in [-0.3, -0.25) is 4.79 Å². The lowest BCUT2D eigenvalue weighted by molar-refractivity contribution is -0.146. The summed E-state index contributed by atoms with van der Waals surface area (Å²) in [7, 11) is 0. The van der Waals surface area contributed by atoms with Crippen LogP contribution in [0.5, 0.6) is 0 Å². The van der Waals surface area contributed by atoms with Crippen molar-refractivity contribution in [3.8, 4) is 0 Å². The van der Waals surface area contributed by atoms with Gasteiger partial charge in [0, 0.05) is 11.4 Å². The van der Waals surface area contributed by atoms with Gasteiger partial charge in [-0.1, -0.05) is 37.9 Å². The Hall–Kier alpha value is 0.170. The molecule has 68 valence electrons. The van der Waals surface area contributed by atoms with Gasteiger partial charge in [-0.2, -0.15) is 0 Å². The second-order valence-electron chi connectivity index (χ2n) is 2.72. The van der Waals surface area contributed by atoms with Crippen molar-refractivity contribution in [3.63, 3.8) is 0 Å². The number of ether oxygens (including phenoxy) is 1. The third-order valence-corrected chi connectivity index (χ3v) is 4.21. The minimum absolute atomic E-state index is 0.0260. The van der Waals surface area contributed by atoms with E-state index in [1.165, 1.54) is 6.92 Å². The molecule has 0 aromatic heterocycles. The van der Waals surface area contributed by atoms with Gasteiger partial charge in [0.2, 0.25) is 0 Å². The molecule has 2 nitrogen and oxygen atoms in total. The van der Waals surface area contributed by atoms with E-state index in [2.05, 4.69) is 37.9 Å². The van der Waals surface area contributed by atoms with Crippen molar-refractivity contribution in [2.24, 2.45) is 0 Å². The van der Waals surface area contributed by atoms with Gasteiger partial charge in [-0.25, -0.2) is 0 Å². The SMILES string of the molecule is CC(=O)O[C@H]1CCC=C(Br)[C@@H]1Br. The summed E-state index contributed by atoms with van der Waals surface area (Å²) in [6.45, 7) is 1.44. The van der Waals surface area contributed by atoms with Crippen LogP contribution in [0, 0.1) is 0 Å². The summed E-state index contributed by atoms with van der Waals surface area (Å²) < 4.78 is 6.19. The molecule has 0 saturated carbocycles. The molecule has 1 aliphatic carbocycles. The van der Waals surface area contributed by atoms with Crippen LogP contribution in [0.4, 0.5) is 0 Å². The van der Waals surface area contributed by atoms with E-state index in [9.17, 15) is 4.79 Å². The molecule has 0 heterocycles. The summed E-state index contributed by atoms with van der Waals surface area (Å²) in [4.78, 5) is 10.8. The zero-order valence-corrected chi connectivity index (χ0v) is 9.89. The first kappa shape index (κ1) is 10.3. The Labute approximate surface area is 88.6 Å². The molecule has 0 aliphatic heterocycles. The summed E-state index contributed by atoms with van der Waals surface area (Å²) in [5.41, 5.74) is 0. The number of esters is 1. The highest BCUT2D eigenvalue weighted by Crippen LogP contribution is 2.31. The van der Waals surface area contributed by atoms with Gasteiger partial charge < -0.3 is 4.74 Å². The number of hydrogen-bond acceptors (Lipinski definition) is 2. The summed E-state index contributed by atoms with van der Waals surface area (Å²) in [6, 6.07) is 0. The smallest absolute Gasteiger partial charge is 0.302 e. The lowest BCUT2D eigenvalue weighted by atomic mass is 10.0. The van der Waals surface area contributed by atoms with E-state index >= 15 is 0 Å². The minimum atomic E-state index is -0.216. The third-order valence-electron chi connectivity index (χ3n) is 1.70. The summed E-state index contributed by atoms with van der Waals surface area (Å²) in [5.74, 6) is -0.216. The Kier molecular flexibility index (Phi) is 3.77. The van der Waals surface area contributed by atoms with E-state index in [0.717, 1.165) is 17.3 Å². The quantitative estimate of drug-likeness (QED) is 0.549. The van der Waals surface area contributed by atoms with Crippen molar-refractivity contribution in [1.82, 2.24) is 0 Å². The predicted octanol–water partition coefficient (Wildman–Crippen LogP) is 2.75. The van der Waals surface area contributed by atoms with Crippen molar-refractivity contribution >= 4 is 37.8 Å². The Bertz CT molecular complexity index is 213. The molecule has 0 bridgehead atoms. The topological polar surface area (TPSA) is 26.3 Å². The standard InChI is InChI=1S/C8H10Br2O2/c1-5(11)12-7-4-2-3-6(9)8(7)10/h3,7-8H,2,4H2,1H3/t7-,8-/m0/s1. The molecule has 4 heteroatoms. The fourth-order valence-electron chi connectivity index (χ4n) is 1.15. The highest BCUT2D eigenvalue weighted by Gasteiger charge is 2.26. The molecule has 0 saturated heterocycles. The number of rotatable bonds is 1. The van der Waals surface area contributed by atoms with Gasteiger partial charge >= 0.3 is 5.97 Å². The zero-order chi connectivity index (χ0) is 9.14. The van der Waals surface area contributed by atoms with Gasteiger partial charge in [0.05, 0.1) is 4.83 Å². The molecule has 0 spiro atoms. The summed E-state index contributed by atoms with van der Waals surface area (Å²) in [6.07, 6.45) is 3.92. The lowest BCUT2D eigenvalue weighted by Crippen LogP contribution is -2.28. The molecule has 0 fully saturated rings. The van der Waals surface area contributed by atoms with Crippen LogP contribution in [0.25, 0.3) is 0 Å². The minimum Gasteiger partial charge on any atom is -0.461 e. The average Bonchev–Trinajstić information content (AvgIpc) is 1.98. The maximum atomic E-state index is 10.7. The van der Waals surface area contributed by atoms with Gasteiger partial charge in [-0.05, 0) is 12.8 Å². The van der Waals surface area contributed by atoms with E-state index < -0.39 is 0 Å². The van der Waals surface area contributed by atoms with Crippen LogP contribution in [0.3, 0.4) is 0 Å². The van der Waals surface area contributed by atoms with Crippen molar-refractivity contribution in [3.05, 3.63) is 10.6 Å². The van der Waals surface area contributed by atoms with Gasteiger partial charge in [0.1, 0.15) is 6.10 Å². The lowest BCUT2D eigenvalue weighted by Gasteiger charge is -2.25. The second-order valence-corrected chi connectivity index (χ2v) is 4.62. The van der Waals surface area contributed by atoms with Crippen LogP contribution in [-0.4, -0.2) is 16.9 Å². The Balaban J connectivity index is 2.56. The molecule has 0 aromatic carbocycles.